The molecule has 0 aliphatic rings. The second kappa shape index (κ2) is 66.6. The second-order valence-electron chi connectivity index (χ2n) is 23.9. The van der Waals surface area contributed by atoms with Crippen molar-refractivity contribution in [2.75, 3.05) is 13.2 Å². The van der Waals surface area contributed by atoms with Crippen molar-refractivity contribution in [3.05, 3.63) is 36.5 Å². The molecule has 77 heavy (non-hydrogen) atoms. The van der Waals surface area contributed by atoms with E-state index >= 15 is 0 Å². The van der Waals surface area contributed by atoms with Crippen LogP contribution in [0, 0.1) is 0 Å². The highest BCUT2D eigenvalue weighted by Gasteiger charge is 2.20. The predicted molar refractivity (Wildman–Crippen MR) is 338 cm³/mol. The fraction of sp³-hybridized carbons (Fsp3) is 0.887. The lowest BCUT2D eigenvalue weighted by molar-refractivity contribution is -0.143. The number of rotatable bonds is 65. The number of unbranched alkanes of at least 4 members (excludes halogenated alkanes) is 48. The minimum absolute atomic E-state index is 0.00830. The van der Waals surface area contributed by atoms with Crippen LogP contribution in [0.25, 0.3) is 0 Å². The molecule has 0 fully saturated rings. The summed E-state index contributed by atoms with van der Waals surface area (Å²) in [6, 6.07) is -0.547. The number of aliphatic hydroxyl groups excluding tert-OH is 2. The highest BCUT2D eigenvalue weighted by molar-refractivity contribution is 5.76. The maximum absolute atomic E-state index is 12.5. The Bertz CT molecular complexity index is 1250. The quantitative estimate of drug-likeness (QED) is 0.0320. The van der Waals surface area contributed by atoms with Gasteiger partial charge >= 0.3 is 5.97 Å². The summed E-state index contributed by atoms with van der Waals surface area (Å²) in [5, 5.41) is 23.4. The van der Waals surface area contributed by atoms with E-state index in [1.807, 2.05) is 0 Å². The van der Waals surface area contributed by atoms with E-state index in [2.05, 4.69) is 55.6 Å². The van der Waals surface area contributed by atoms with Gasteiger partial charge in [-0.2, -0.15) is 0 Å². The molecule has 0 rings (SSSR count). The summed E-state index contributed by atoms with van der Waals surface area (Å²) in [4.78, 5) is 24.6. The molecule has 0 spiro atoms. The van der Waals surface area contributed by atoms with Gasteiger partial charge in [-0.15, -0.1) is 0 Å². The van der Waals surface area contributed by atoms with Crippen LogP contribution in [-0.4, -0.2) is 47.4 Å². The average molecular weight is 1080 g/mol. The van der Waals surface area contributed by atoms with Gasteiger partial charge < -0.3 is 20.3 Å². The van der Waals surface area contributed by atoms with Crippen molar-refractivity contribution >= 4 is 11.9 Å². The number of allylic oxidation sites excluding steroid dienone is 6. The second-order valence-corrected chi connectivity index (χ2v) is 23.9. The van der Waals surface area contributed by atoms with Crippen LogP contribution in [0.5, 0.6) is 0 Å². The van der Waals surface area contributed by atoms with Crippen molar-refractivity contribution in [2.45, 2.75) is 392 Å². The van der Waals surface area contributed by atoms with Crippen molar-refractivity contribution < 1.29 is 24.5 Å². The van der Waals surface area contributed by atoms with E-state index in [0.29, 0.717) is 25.9 Å². The molecule has 0 aromatic carbocycles. The molecule has 0 saturated carbocycles. The largest absolute Gasteiger partial charge is 0.466 e. The zero-order chi connectivity index (χ0) is 55.7. The average Bonchev–Trinajstić information content (AvgIpc) is 3.43. The molecule has 0 aromatic heterocycles. The van der Waals surface area contributed by atoms with E-state index in [0.717, 1.165) is 51.4 Å². The fourth-order valence-corrected chi connectivity index (χ4v) is 10.8. The predicted octanol–water partition coefficient (Wildman–Crippen LogP) is 22.3. The van der Waals surface area contributed by atoms with E-state index in [9.17, 15) is 19.8 Å². The standard InChI is InChI=1S/C71H135NO5/c1-3-5-7-9-11-13-15-17-19-21-28-33-37-41-45-49-53-57-61-65-71(76)77-66-62-58-54-50-46-42-38-34-30-27-25-23-24-26-29-32-36-40-44-48-52-56-60-64-70(75)72-68(67-73)69(74)63-59-55-51-47-43-39-35-31-22-20-18-16-14-12-10-8-6-4-2/h11,13,17,19,26,29,68-69,73-74H,3-10,12,14-16,18,20-25,27-28,30-67H2,1-2H3,(H,72,75)/b13-11-,19-17-,29-26-. The summed E-state index contributed by atoms with van der Waals surface area (Å²) in [6.07, 6.45) is 84.6. The summed E-state index contributed by atoms with van der Waals surface area (Å²) in [6.45, 7) is 4.95. The van der Waals surface area contributed by atoms with Crippen molar-refractivity contribution in [2.24, 2.45) is 0 Å². The molecule has 1 amide bonds. The summed E-state index contributed by atoms with van der Waals surface area (Å²) in [7, 11) is 0. The number of carbonyl (C=O) groups is 2. The number of hydrogen-bond acceptors (Lipinski definition) is 5. The molecular weight excluding hydrogens is 947 g/mol. The smallest absolute Gasteiger partial charge is 0.305 e. The summed E-state index contributed by atoms with van der Waals surface area (Å²) >= 11 is 0. The van der Waals surface area contributed by atoms with E-state index in [1.54, 1.807) is 0 Å². The van der Waals surface area contributed by atoms with Gasteiger partial charge in [0.05, 0.1) is 25.4 Å². The van der Waals surface area contributed by atoms with Gasteiger partial charge in [0.1, 0.15) is 0 Å². The molecule has 2 atom stereocenters. The zero-order valence-corrected chi connectivity index (χ0v) is 52.0. The molecule has 0 aliphatic carbocycles. The number of hydrogen-bond donors (Lipinski definition) is 3. The Balaban J connectivity index is 3.40. The molecule has 3 N–H and O–H groups in total. The van der Waals surface area contributed by atoms with Crippen molar-refractivity contribution in [1.29, 1.82) is 0 Å². The summed E-state index contributed by atoms with van der Waals surface area (Å²) < 4.78 is 5.50. The van der Waals surface area contributed by atoms with E-state index in [-0.39, 0.29) is 18.5 Å². The monoisotopic (exact) mass is 1080 g/mol. The van der Waals surface area contributed by atoms with Crippen LogP contribution in [0.1, 0.15) is 380 Å². The van der Waals surface area contributed by atoms with Gasteiger partial charge in [-0.1, -0.05) is 320 Å². The van der Waals surface area contributed by atoms with Gasteiger partial charge in [0, 0.05) is 12.8 Å². The Morgan fingerprint density at radius 3 is 1.03 bits per heavy atom. The van der Waals surface area contributed by atoms with Gasteiger partial charge in [0.15, 0.2) is 0 Å². The molecule has 454 valence electrons. The minimum atomic E-state index is -0.669. The maximum Gasteiger partial charge on any atom is 0.305 e. The van der Waals surface area contributed by atoms with Gasteiger partial charge in [0.25, 0.3) is 0 Å². The third kappa shape index (κ3) is 63.1. The van der Waals surface area contributed by atoms with Crippen LogP contribution in [0.3, 0.4) is 0 Å². The number of amides is 1. The van der Waals surface area contributed by atoms with Crippen LogP contribution in [0.4, 0.5) is 0 Å². The Kier molecular flexibility index (Phi) is 64.9. The Labute approximate surface area is 481 Å². The number of esters is 1. The number of nitrogens with one attached hydrogen (secondary N) is 1. The highest BCUT2D eigenvalue weighted by atomic mass is 16.5. The van der Waals surface area contributed by atoms with E-state index in [1.165, 1.54) is 295 Å². The number of aliphatic hydroxyl groups is 2. The first-order valence-corrected chi connectivity index (χ1v) is 34.7. The minimum Gasteiger partial charge on any atom is -0.466 e. The van der Waals surface area contributed by atoms with Crippen LogP contribution >= 0.6 is 0 Å². The Morgan fingerprint density at radius 2 is 0.649 bits per heavy atom. The van der Waals surface area contributed by atoms with Gasteiger partial charge in [-0.25, -0.2) is 0 Å². The van der Waals surface area contributed by atoms with Gasteiger partial charge in [-0.05, 0) is 83.5 Å². The topological polar surface area (TPSA) is 95.9 Å². The molecule has 2 unspecified atom stereocenters. The fourth-order valence-electron chi connectivity index (χ4n) is 10.8. The van der Waals surface area contributed by atoms with Gasteiger partial charge in [0.2, 0.25) is 5.91 Å². The lowest BCUT2D eigenvalue weighted by Gasteiger charge is -2.22. The zero-order valence-electron chi connectivity index (χ0n) is 52.0. The first-order chi connectivity index (χ1) is 38.0. The lowest BCUT2D eigenvalue weighted by atomic mass is 10.0. The van der Waals surface area contributed by atoms with Crippen LogP contribution in [0.15, 0.2) is 36.5 Å². The molecule has 0 aliphatic heterocycles. The Morgan fingerprint density at radius 1 is 0.364 bits per heavy atom. The SMILES string of the molecule is CCCCC/C=C\C/C=C\CCCCCCCCCCCC(=O)OCCCCCCCCCCCCCC/C=C\CCCCCCCCCC(=O)NC(CO)C(O)CCCCCCCCCCCCCCCCCCCC. The first kappa shape index (κ1) is 75.1. The molecule has 6 heteroatoms. The van der Waals surface area contributed by atoms with Crippen LogP contribution in [0.2, 0.25) is 0 Å². The molecule has 0 heterocycles. The highest BCUT2D eigenvalue weighted by Crippen LogP contribution is 2.18. The van der Waals surface area contributed by atoms with Crippen LogP contribution < -0.4 is 5.32 Å². The first-order valence-electron chi connectivity index (χ1n) is 34.7. The van der Waals surface area contributed by atoms with Crippen molar-refractivity contribution in [3.63, 3.8) is 0 Å². The summed E-state index contributed by atoms with van der Waals surface area (Å²) in [5.41, 5.74) is 0. The van der Waals surface area contributed by atoms with Gasteiger partial charge in [-0.3, -0.25) is 9.59 Å². The molecular formula is C71H135NO5. The number of ether oxygens (including phenoxy) is 1. The van der Waals surface area contributed by atoms with Crippen molar-refractivity contribution in [1.82, 2.24) is 5.32 Å². The molecule has 0 aromatic rings. The molecule has 0 saturated heterocycles. The number of carbonyl (C=O) groups excluding carboxylic acids is 2. The van der Waals surface area contributed by atoms with E-state index in [4.69, 9.17) is 4.74 Å². The summed E-state index contributed by atoms with van der Waals surface area (Å²) in [5.74, 6) is -0.0300. The normalized spacial score (nSPS) is 12.7. The van der Waals surface area contributed by atoms with Crippen molar-refractivity contribution in [3.8, 4) is 0 Å². The Hall–Kier alpha value is -1.92. The maximum atomic E-state index is 12.5. The van der Waals surface area contributed by atoms with E-state index < -0.39 is 12.1 Å². The molecule has 0 radical (unpaired) electrons. The molecule has 0 bridgehead atoms. The van der Waals surface area contributed by atoms with Crippen LogP contribution in [-0.2, 0) is 14.3 Å². The molecule has 6 nitrogen and oxygen atoms in total. The lowest BCUT2D eigenvalue weighted by Crippen LogP contribution is -2.45. The third-order valence-electron chi connectivity index (χ3n) is 16.2. The third-order valence-corrected chi connectivity index (χ3v) is 16.2.